The van der Waals surface area contributed by atoms with Crippen molar-refractivity contribution in [2.24, 2.45) is 0 Å². The summed E-state index contributed by atoms with van der Waals surface area (Å²) in [5, 5.41) is 18.8. The topological polar surface area (TPSA) is 46.9 Å². The van der Waals surface area contributed by atoms with E-state index in [-0.39, 0.29) is 12.4 Å². The summed E-state index contributed by atoms with van der Waals surface area (Å²) in [5.74, 6) is -0.353. The van der Waals surface area contributed by atoms with Gasteiger partial charge in [0.25, 0.3) is 0 Å². The first-order chi connectivity index (χ1) is 9.63. The van der Waals surface area contributed by atoms with Crippen LogP contribution >= 0.6 is 0 Å². The molecule has 0 amide bonds. The third-order valence-corrected chi connectivity index (χ3v) is 3.79. The van der Waals surface area contributed by atoms with Crippen LogP contribution in [-0.2, 0) is 0 Å². The van der Waals surface area contributed by atoms with Crippen LogP contribution in [0, 0.1) is 5.82 Å². The van der Waals surface area contributed by atoms with Gasteiger partial charge in [-0.15, -0.1) is 0 Å². The van der Waals surface area contributed by atoms with Crippen LogP contribution in [0.4, 0.5) is 10.1 Å². The normalized spacial score (nSPS) is 18.9. The van der Waals surface area contributed by atoms with Gasteiger partial charge in [0, 0.05) is 37.4 Å². The Morgan fingerprint density at radius 1 is 1.25 bits per heavy atom. The van der Waals surface area contributed by atoms with Crippen LogP contribution in [0.15, 0.2) is 18.2 Å². The van der Waals surface area contributed by atoms with Crippen LogP contribution in [0.1, 0.15) is 25.0 Å². The van der Waals surface area contributed by atoms with Crippen LogP contribution in [-0.4, -0.2) is 54.4 Å². The first-order valence-corrected chi connectivity index (χ1v) is 7.18. The van der Waals surface area contributed by atoms with E-state index in [1.165, 1.54) is 6.07 Å². The molecular formula is C15H23FN2O2. The molecular weight excluding hydrogens is 259 g/mol. The average molecular weight is 282 g/mol. The number of rotatable bonds is 4. The quantitative estimate of drug-likeness (QED) is 0.876. The Kier molecular flexibility index (Phi) is 5.34. The van der Waals surface area contributed by atoms with Crippen molar-refractivity contribution in [3.05, 3.63) is 29.6 Å². The predicted molar refractivity (Wildman–Crippen MR) is 77.4 cm³/mol. The average Bonchev–Trinajstić information content (AvgIpc) is 2.64. The number of halogens is 1. The summed E-state index contributed by atoms with van der Waals surface area (Å²) in [4.78, 5) is 4.34. The molecule has 2 N–H and O–H groups in total. The molecule has 0 saturated carbocycles. The standard InChI is InChI=1S/C15H23FN2O2/c1-12(20)15-13(16)4-2-5-14(15)18-7-3-6-17(8-9-18)10-11-19/h2,4-5,12,19-20H,3,6-11H2,1H3/t12-/m0/s1. The van der Waals surface area contributed by atoms with Crippen LogP contribution in [0.2, 0.25) is 0 Å². The van der Waals surface area contributed by atoms with Crippen molar-refractivity contribution >= 4 is 5.69 Å². The van der Waals surface area contributed by atoms with Crippen molar-refractivity contribution in [3.8, 4) is 0 Å². The highest BCUT2D eigenvalue weighted by Gasteiger charge is 2.20. The molecule has 1 aliphatic heterocycles. The predicted octanol–water partition coefficient (Wildman–Crippen LogP) is 1.38. The lowest BCUT2D eigenvalue weighted by Crippen LogP contribution is -2.33. The molecule has 1 fully saturated rings. The number of hydrogen-bond donors (Lipinski definition) is 2. The van der Waals surface area contributed by atoms with Gasteiger partial charge in [-0.05, 0) is 32.0 Å². The zero-order valence-corrected chi connectivity index (χ0v) is 11.9. The van der Waals surface area contributed by atoms with Gasteiger partial charge in [0.15, 0.2) is 0 Å². The maximum atomic E-state index is 13.9. The first-order valence-electron chi connectivity index (χ1n) is 7.18. The molecule has 112 valence electrons. The van der Waals surface area contributed by atoms with Gasteiger partial charge in [0.2, 0.25) is 0 Å². The summed E-state index contributed by atoms with van der Waals surface area (Å²) < 4.78 is 13.9. The molecule has 1 aromatic carbocycles. The summed E-state index contributed by atoms with van der Waals surface area (Å²) in [6, 6.07) is 4.95. The van der Waals surface area contributed by atoms with E-state index >= 15 is 0 Å². The lowest BCUT2D eigenvalue weighted by atomic mass is 10.1. The largest absolute Gasteiger partial charge is 0.395 e. The van der Waals surface area contributed by atoms with Crippen LogP contribution in [0.5, 0.6) is 0 Å². The van der Waals surface area contributed by atoms with Gasteiger partial charge >= 0.3 is 0 Å². The summed E-state index contributed by atoms with van der Waals surface area (Å²) >= 11 is 0. The minimum absolute atomic E-state index is 0.166. The number of anilines is 1. The van der Waals surface area contributed by atoms with Gasteiger partial charge in [0.05, 0.1) is 12.7 Å². The van der Waals surface area contributed by atoms with E-state index in [9.17, 15) is 9.50 Å². The third kappa shape index (κ3) is 3.48. The fourth-order valence-corrected chi connectivity index (χ4v) is 2.79. The molecule has 1 heterocycles. The van der Waals surface area contributed by atoms with E-state index < -0.39 is 6.10 Å². The lowest BCUT2D eigenvalue weighted by molar-refractivity contribution is 0.194. The molecule has 0 bridgehead atoms. The number of aliphatic hydroxyl groups excluding tert-OH is 2. The Morgan fingerprint density at radius 2 is 2.05 bits per heavy atom. The monoisotopic (exact) mass is 282 g/mol. The van der Waals surface area contributed by atoms with E-state index in [2.05, 4.69) is 9.80 Å². The van der Waals surface area contributed by atoms with Gasteiger partial charge in [0.1, 0.15) is 5.82 Å². The molecule has 20 heavy (non-hydrogen) atoms. The molecule has 0 unspecified atom stereocenters. The second-order valence-corrected chi connectivity index (χ2v) is 5.25. The Morgan fingerprint density at radius 3 is 2.75 bits per heavy atom. The second kappa shape index (κ2) is 7.02. The van der Waals surface area contributed by atoms with Crippen molar-refractivity contribution in [1.29, 1.82) is 0 Å². The van der Waals surface area contributed by atoms with Crippen molar-refractivity contribution in [1.82, 2.24) is 4.90 Å². The highest BCUT2D eigenvalue weighted by molar-refractivity contribution is 5.55. The molecule has 1 saturated heterocycles. The van der Waals surface area contributed by atoms with Crippen LogP contribution < -0.4 is 4.90 Å². The summed E-state index contributed by atoms with van der Waals surface area (Å²) in [6.45, 7) is 5.85. The zero-order chi connectivity index (χ0) is 14.5. The molecule has 2 rings (SSSR count). The maximum Gasteiger partial charge on any atom is 0.131 e. The number of hydrogen-bond acceptors (Lipinski definition) is 4. The van der Waals surface area contributed by atoms with Crippen molar-refractivity contribution in [2.75, 3.05) is 44.2 Å². The third-order valence-electron chi connectivity index (χ3n) is 3.79. The molecule has 0 radical (unpaired) electrons. The second-order valence-electron chi connectivity index (χ2n) is 5.25. The van der Waals surface area contributed by atoms with Crippen LogP contribution in [0.25, 0.3) is 0 Å². The molecule has 1 aliphatic rings. The number of nitrogens with zero attached hydrogens (tertiary/aromatic N) is 2. The Bertz CT molecular complexity index is 440. The minimum atomic E-state index is -0.817. The highest BCUT2D eigenvalue weighted by Crippen LogP contribution is 2.29. The first kappa shape index (κ1) is 15.2. The fraction of sp³-hybridized carbons (Fsp3) is 0.600. The highest BCUT2D eigenvalue weighted by atomic mass is 19.1. The number of β-amino-alcohol motifs (C(OH)–C–C–N with tert-alkyl or cyclic N) is 1. The molecule has 0 aliphatic carbocycles. The van der Waals surface area contributed by atoms with Gasteiger partial charge in [-0.2, -0.15) is 0 Å². The van der Waals surface area contributed by atoms with Crippen LogP contribution in [0.3, 0.4) is 0 Å². The Labute approximate surface area is 119 Å². The Hall–Kier alpha value is -1.17. The van der Waals surface area contributed by atoms with Gasteiger partial charge in [-0.3, -0.25) is 4.90 Å². The molecule has 4 nitrogen and oxygen atoms in total. The van der Waals surface area contributed by atoms with E-state index in [1.807, 2.05) is 6.07 Å². The lowest BCUT2D eigenvalue weighted by Gasteiger charge is -2.27. The maximum absolute atomic E-state index is 13.9. The summed E-state index contributed by atoms with van der Waals surface area (Å²) in [7, 11) is 0. The van der Waals surface area contributed by atoms with Crippen molar-refractivity contribution in [2.45, 2.75) is 19.4 Å². The summed E-state index contributed by atoms with van der Waals surface area (Å²) in [6.07, 6.45) is 0.151. The zero-order valence-electron chi connectivity index (χ0n) is 11.9. The molecule has 5 heteroatoms. The van der Waals surface area contributed by atoms with Gasteiger partial charge in [-0.25, -0.2) is 4.39 Å². The van der Waals surface area contributed by atoms with Crippen molar-refractivity contribution in [3.63, 3.8) is 0 Å². The van der Waals surface area contributed by atoms with Gasteiger partial charge < -0.3 is 15.1 Å². The minimum Gasteiger partial charge on any atom is -0.395 e. The smallest absolute Gasteiger partial charge is 0.131 e. The van der Waals surface area contributed by atoms with Gasteiger partial charge in [-0.1, -0.05) is 6.07 Å². The van der Waals surface area contributed by atoms with E-state index in [1.54, 1.807) is 13.0 Å². The Balaban J connectivity index is 2.17. The molecule has 1 atom stereocenters. The van der Waals surface area contributed by atoms with Crippen molar-refractivity contribution < 1.29 is 14.6 Å². The molecule has 1 aromatic rings. The fourth-order valence-electron chi connectivity index (χ4n) is 2.79. The number of benzene rings is 1. The van der Waals surface area contributed by atoms with E-state index in [0.717, 1.165) is 38.3 Å². The molecule has 0 spiro atoms. The van der Waals surface area contributed by atoms with E-state index in [0.29, 0.717) is 12.1 Å². The number of aliphatic hydroxyl groups is 2. The van der Waals surface area contributed by atoms with E-state index in [4.69, 9.17) is 5.11 Å². The SMILES string of the molecule is C[C@H](O)c1c(F)cccc1N1CCCN(CCO)CC1. The summed E-state index contributed by atoms with van der Waals surface area (Å²) in [5.41, 5.74) is 1.16. The molecule has 0 aromatic heterocycles.